The highest BCUT2D eigenvalue weighted by Gasteiger charge is 2.35. The van der Waals surface area contributed by atoms with Crippen LogP contribution in [0.5, 0.6) is 0 Å². The van der Waals surface area contributed by atoms with E-state index in [4.69, 9.17) is 9.15 Å². The van der Waals surface area contributed by atoms with E-state index in [0.29, 0.717) is 38.0 Å². The number of hydrogen-bond donors (Lipinski definition) is 3. The lowest BCUT2D eigenvalue weighted by molar-refractivity contribution is -0.139. The first kappa shape index (κ1) is 21.9. The van der Waals surface area contributed by atoms with Crippen LogP contribution in [0.3, 0.4) is 0 Å². The number of rotatable bonds is 8. The third kappa shape index (κ3) is 5.11. The van der Waals surface area contributed by atoms with Gasteiger partial charge in [0.25, 0.3) is 0 Å². The smallest absolute Gasteiger partial charge is 0.338 e. The number of nitrogens with zero attached hydrogens (tertiary/aromatic N) is 2. The Kier molecular flexibility index (Phi) is 6.76. The largest absolute Gasteiger partial charge is 0.464 e. The van der Waals surface area contributed by atoms with Gasteiger partial charge >= 0.3 is 12.0 Å². The summed E-state index contributed by atoms with van der Waals surface area (Å²) in [7, 11) is 0. The number of carbonyl (C=O) groups is 2. The lowest BCUT2D eigenvalue weighted by Gasteiger charge is -2.27. The molecule has 0 radical (unpaired) electrons. The summed E-state index contributed by atoms with van der Waals surface area (Å²) in [6, 6.07) is 12.0. The molecule has 1 aromatic carbocycles. The molecule has 4 rings (SSSR count). The van der Waals surface area contributed by atoms with Crippen LogP contribution in [0.2, 0.25) is 0 Å². The van der Waals surface area contributed by atoms with Gasteiger partial charge in [-0.05, 0) is 38.1 Å². The van der Waals surface area contributed by atoms with Crippen molar-refractivity contribution >= 4 is 45.9 Å². The van der Waals surface area contributed by atoms with Crippen molar-refractivity contribution in [2.45, 2.75) is 24.2 Å². The van der Waals surface area contributed by atoms with Crippen LogP contribution in [-0.2, 0) is 9.53 Å². The maximum atomic E-state index is 12.8. The molecule has 3 N–H and O–H groups in total. The SMILES string of the molecule is CCOC(=O)C1=C(CSc2nnc(Nc3ccccc3)s2)NC(=O)N[C@@H]1c1ccc(C)o1. The van der Waals surface area contributed by atoms with Crippen LogP contribution in [0.1, 0.15) is 24.5 Å². The fourth-order valence-electron chi connectivity index (χ4n) is 3.10. The van der Waals surface area contributed by atoms with E-state index in [1.165, 1.54) is 23.1 Å². The fraction of sp³-hybridized carbons (Fsp3) is 0.238. The molecule has 32 heavy (non-hydrogen) atoms. The molecule has 1 atom stereocenters. The lowest BCUT2D eigenvalue weighted by atomic mass is 10.0. The molecule has 3 heterocycles. The zero-order chi connectivity index (χ0) is 22.5. The van der Waals surface area contributed by atoms with E-state index < -0.39 is 18.0 Å². The number of para-hydroxylation sites is 1. The zero-order valence-corrected chi connectivity index (χ0v) is 19.0. The van der Waals surface area contributed by atoms with Crippen molar-refractivity contribution in [2.75, 3.05) is 17.7 Å². The Balaban J connectivity index is 1.55. The molecule has 0 aliphatic carbocycles. The normalized spacial score (nSPS) is 15.8. The number of amides is 2. The van der Waals surface area contributed by atoms with Crippen LogP contribution in [0.4, 0.5) is 15.6 Å². The lowest BCUT2D eigenvalue weighted by Crippen LogP contribution is -2.46. The minimum Gasteiger partial charge on any atom is -0.464 e. The van der Waals surface area contributed by atoms with Crippen LogP contribution in [0.25, 0.3) is 0 Å². The molecular weight excluding hydrogens is 450 g/mol. The number of aromatic nitrogens is 2. The van der Waals surface area contributed by atoms with Crippen LogP contribution in [0, 0.1) is 6.92 Å². The predicted octanol–water partition coefficient (Wildman–Crippen LogP) is 4.15. The molecule has 11 heteroatoms. The van der Waals surface area contributed by atoms with Crippen LogP contribution in [-0.4, -0.2) is 34.6 Å². The maximum Gasteiger partial charge on any atom is 0.338 e. The summed E-state index contributed by atoms with van der Waals surface area (Å²) in [5.74, 6) is 0.934. The van der Waals surface area contributed by atoms with Gasteiger partial charge in [-0.1, -0.05) is 41.3 Å². The van der Waals surface area contributed by atoms with E-state index in [0.717, 1.165) is 5.69 Å². The first-order valence-electron chi connectivity index (χ1n) is 9.86. The Bertz CT molecular complexity index is 1140. The molecule has 0 bridgehead atoms. The number of hydrogen-bond acceptors (Lipinski definition) is 9. The first-order chi connectivity index (χ1) is 15.5. The summed E-state index contributed by atoms with van der Waals surface area (Å²) in [5.41, 5.74) is 1.67. The molecule has 3 aromatic rings. The zero-order valence-electron chi connectivity index (χ0n) is 17.4. The summed E-state index contributed by atoms with van der Waals surface area (Å²) in [4.78, 5) is 25.1. The van der Waals surface area contributed by atoms with Crippen molar-refractivity contribution in [2.24, 2.45) is 0 Å². The summed E-state index contributed by atoms with van der Waals surface area (Å²) in [5, 5.41) is 17.7. The Hall–Kier alpha value is -3.31. The van der Waals surface area contributed by atoms with E-state index in [1.807, 2.05) is 30.3 Å². The molecule has 0 saturated carbocycles. The Labute approximate surface area is 192 Å². The third-order valence-corrected chi connectivity index (χ3v) is 6.46. The number of carbonyl (C=O) groups excluding carboxylic acids is 2. The van der Waals surface area contributed by atoms with Crippen LogP contribution < -0.4 is 16.0 Å². The van der Waals surface area contributed by atoms with Gasteiger partial charge in [0.15, 0.2) is 4.34 Å². The Morgan fingerprint density at radius 3 is 2.78 bits per heavy atom. The average molecular weight is 472 g/mol. The topological polar surface area (TPSA) is 118 Å². The Morgan fingerprint density at radius 2 is 2.06 bits per heavy atom. The molecule has 9 nitrogen and oxygen atoms in total. The molecule has 2 aromatic heterocycles. The summed E-state index contributed by atoms with van der Waals surface area (Å²) < 4.78 is 11.6. The van der Waals surface area contributed by atoms with Gasteiger partial charge in [-0.25, -0.2) is 9.59 Å². The third-order valence-electron chi connectivity index (χ3n) is 4.47. The van der Waals surface area contributed by atoms with Crippen LogP contribution in [0.15, 0.2) is 62.5 Å². The number of thioether (sulfide) groups is 1. The molecule has 0 spiro atoms. The number of anilines is 2. The van der Waals surface area contributed by atoms with Crippen molar-refractivity contribution < 1.29 is 18.7 Å². The number of urea groups is 1. The summed E-state index contributed by atoms with van der Waals surface area (Å²) >= 11 is 2.75. The number of aryl methyl sites for hydroxylation is 1. The van der Waals surface area contributed by atoms with Crippen molar-refractivity contribution in [3.8, 4) is 0 Å². The standard InChI is InChI=1S/C21H21N5O4S2/c1-3-29-18(27)16-14(23-19(28)24-17(16)15-10-9-12(2)30-15)11-31-21-26-25-20(32-21)22-13-7-5-4-6-8-13/h4-10,17H,3,11H2,1-2H3,(H,22,25)(H2,23,24,28)/t17-/m1/s1. The van der Waals surface area contributed by atoms with Gasteiger partial charge in [-0.3, -0.25) is 0 Å². The molecular formula is C21H21N5O4S2. The van der Waals surface area contributed by atoms with Crippen molar-refractivity contribution in [1.29, 1.82) is 0 Å². The van der Waals surface area contributed by atoms with E-state index in [9.17, 15) is 9.59 Å². The predicted molar refractivity (Wildman–Crippen MR) is 122 cm³/mol. The van der Waals surface area contributed by atoms with E-state index >= 15 is 0 Å². The van der Waals surface area contributed by atoms with E-state index in [2.05, 4.69) is 26.1 Å². The molecule has 1 aliphatic rings. The highest BCUT2D eigenvalue weighted by molar-refractivity contribution is 8.01. The second-order valence-corrected chi connectivity index (χ2v) is 8.95. The van der Waals surface area contributed by atoms with Crippen molar-refractivity contribution in [3.63, 3.8) is 0 Å². The molecule has 166 valence electrons. The molecule has 0 saturated heterocycles. The van der Waals surface area contributed by atoms with Gasteiger partial charge in [0, 0.05) is 17.1 Å². The highest BCUT2D eigenvalue weighted by Crippen LogP contribution is 2.33. The average Bonchev–Trinajstić information content (AvgIpc) is 3.41. The second-order valence-electron chi connectivity index (χ2n) is 6.75. The van der Waals surface area contributed by atoms with Gasteiger partial charge in [-0.2, -0.15) is 0 Å². The maximum absolute atomic E-state index is 12.8. The fourth-order valence-corrected chi connectivity index (χ4v) is 4.84. The monoisotopic (exact) mass is 471 g/mol. The quantitative estimate of drug-likeness (QED) is 0.331. The number of furan rings is 1. The minimum atomic E-state index is -0.739. The number of esters is 1. The highest BCUT2D eigenvalue weighted by atomic mass is 32.2. The summed E-state index contributed by atoms with van der Waals surface area (Å²) in [6.07, 6.45) is 0. The summed E-state index contributed by atoms with van der Waals surface area (Å²) in [6.45, 7) is 3.75. The molecule has 0 fully saturated rings. The molecule has 2 amide bonds. The van der Waals surface area contributed by atoms with Gasteiger partial charge in [-0.15, -0.1) is 10.2 Å². The van der Waals surface area contributed by atoms with E-state index in [-0.39, 0.29) is 6.61 Å². The van der Waals surface area contributed by atoms with Crippen molar-refractivity contribution in [1.82, 2.24) is 20.8 Å². The number of ether oxygens (including phenoxy) is 1. The van der Waals surface area contributed by atoms with Gasteiger partial charge in [0.1, 0.15) is 17.6 Å². The van der Waals surface area contributed by atoms with Crippen molar-refractivity contribution in [3.05, 3.63) is 65.3 Å². The van der Waals surface area contributed by atoms with Gasteiger partial charge in [0.05, 0.1) is 12.2 Å². The molecule has 0 unspecified atom stereocenters. The van der Waals surface area contributed by atoms with Gasteiger partial charge in [0.2, 0.25) is 5.13 Å². The first-order valence-corrected chi connectivity index (χ1v) is 11.7. The second kappa shape index (κ2) is 9.88. The Morgan fingerprint density at radius 1 is 1.25 bits per heavy atom. The van der Waals surface area contributed by atoms with Crippen LogP contribution >= 0.6 is 23.1 Å². The minimum absolute atomic E-state index is 0.214. The number of benzene rings is 1. The number of nitrogens with one attached hydrogen (secondary N) is 3. The van der Waals surface area contributed by atoms with E-state index in [1.54, 1.807) is 26.0 Å². The molecule has 1 aliphatic heterocycles. The van der Waals surface area contributed by atoms with Gasteiger partial charge < -0.3 is 25.1 Å².